The molecular weight excluding hydrogens is 747 g/mol. The molecule has 0 spiro atoms. The topological polar surface area (TPSA) is 157 Å². The number of methoxy groups -OCH3 is 3. The number of amides is 2. The highest BCUT2D eigenvalue weighted by atomic mass is 127. The number of benzene rings is 3. The number of furan rings is 1. The number of carbonyl (C=O) groups is 3. The van der Waals surface area contributed by atoms with Crippen LogP contribution in [0.5, 0.6) is 23.0 Å². The molecule has 1 heterocycles. The zero-order valence-corrected chi connectivity index (χ0v) is 29.3. The van der Waals surface area contributed by atoms with Crippen LogP contribution in [-0.4, -0.2) is 92.5 Å². The van der Waals surface area contributed by atoms with Crippen molar-refractivity contribution in [3.05, 3.63) is 92.8 Å². The van der Waals surface area contributed by atoms with Crippen molar-refractivity contribution >= 4 is 51.7 Å². The third kappa shape index (κ3) is 8.00. The van der Waals surface area contributed by atoms with Gasteiger partial charge in [0.05, 0.1) is 37.5 Å². The number of halogens is 1. The minimum absolute atomic E-state index is 0.00704. The minimum atomic E-state index is -1.33. The normalized spacial score (nSPS) is 17.2. The van der Waals surface area contributed by atoms with Crippen molar-refractivity contribution in [1.29, 1.82) is 0 Å². The van der Waals surface area contributed by atoms with Crippen LogP contribution in [0.25, 0.3) is 11.0 Å². The highest BCUT2D eigenvalue weighted by Gasteiger charge is 2.42. The van der Waals surface area contributed by atoms with Gasteiger partial charge in [-0.1, -0.05) is 24.3 Å². The molecule has 0 bridgehead atoms. The van der Waals surface area contributed by atoms with Crippen LogP contribution in [0, 0.1) is 3.57 Å². The van der Waals surface area contributed by atoms with Gasteiger partial charge in [-0.3, -0.25) is 14.4 Å². The summed E-state index contributed by atoms with van der Waals surface area (Å²) in [5.41, 5.74) is 1.90. The molecule has 0 unspecified atom stereocenters. The van der Waals surface area contributed by atoms with Crippen molar-refractivity contribution < 1.29 is 48.0 Å². The van der Waals surface area contributed by atoms with Gasteiger partial charge in [-0.15, -0.1) is 0 Å². The number of fused-ring (bicyclic) bond motifs is 1. The first-order valence-electron chi connectivity index (χ1n) is 15.5. The zero-order valence-electron chi connectivity index (χ0n) is 27.2. The fourth-order valence-electron chi connectivity index (χ4n) is 5.78. The zero-order chi connectivity index (χ0) is 35.1. The van der Waals surface area contributed by atoms with Crippen molar-refractivity contribution in [2.45, 2.75) is 31.1 Å². The number of aliphatic hydroxyl groups is 2. The van der Waals surface area contributed by atoms with Crippen LogP contribution < -0.4 is 24.3 Å². The van der Waals surface area contributed by atoms with Gasteiger partial charge in [0.1, 0.15) is 24.2 Å². The summed E-state index contributed by atoms with van der Waals surface area (Å²) in [4.78, 5) is 40.8. The van der Waals surface area contributed by atoms with Crippen LogP contribution >= 0.6 is 22.6 Å². The van der Waals surface area contributed by atoms with E-state index in [0.717, 1.165) is 5.56 Å². The van der Waals surface area contributed by atoms with E-state index in [4.69, 9.17) is 23.4 Å². The molecule has 1 aliphatic rings. The van der Waals surface area contributed by atoms with Crippen molar-refractivity contribution in [3.63, 3.8) is 0 Å². The summed E-state index contributed by atoms with van der Waals surface area (Å²) in [7, 11) is 4.51. The Hall–Kier alpha value is -4.60. The molecule has 1 aromatic heterocycles. The number of para-hydroxylation sites is 1. The number of hydrogen-bond acceptors (Lipinski definition) is 10. The predicted octanol–water partition coefficient (Wildman–Crippen LogP) is 4.18. The first-order chi connectivity index (χ1) is 23.7. The second-order valence-electron chi connectivity index (χ2n) is 11.3. The minimum Gasteiger partial charge on any atom is -0.497 e. The summed E-state index contributed by atoms with van der Waals surface area (Å²) < 4.78 is 29.3. The van der Waals surface area contributed by atoms with Crippen LogP contribution in [0.2, 0.25) is 0 Å². The molecule has 4 aromatic rings. The fraction of sp³-hybridized carbons (Fsp3) is 0.306. The van der Waals surface area contributed by atoms with Crippen LogP contribution in [0.15, 0.2) is 76.7 Å². The smallest absolute Gasteiger partial charge is 0.289 e. The Morgan fingerprint density at radius 3 is 2.53 bits per heavy atom. The Bertz CT molecular complexity index is 1850. The van der Waals surface area contributed by atoms with E-state index in [1.54, 1.807) is 37.4 Å². The van der Waals surface area contributed by atoms with Gasteiger partial charge in [-0.2, -0.15) is 0 Å². The van der Waals surface area contributed by atoms with E-state index in [2.05, 4.69) is 5.32 Å². The number of carbonyl (C=O) groups excluding carboxylic acids is 3. The molecule has 13 heteroatoms. The molecule has 0 radical (unpaired) electrons. The standard InChI is InChI=1S/C36H37IN2O10/c1-45-25-8-4-6-21(14-25)10-12-39(36(44)31-18-23-7-5-9-28(46-2)33(23)49-31)27-17-24(35(43)38-11-13-40)19-29(32(27)42)48-34-26(37)15-22(20-41)16-30(34)47-3/h4-9,14-16,18-20,27,29,32,40,42H,10-13,17H2,1-3H3,(H,38,43)/t27-,29+,32+/m1/s1. The summed E-state index contributed by atoms with van der Waals surface area (Å²) in [6, 6.07) is 16.5. The molecule has 2 amide bonds. The molecule has 3 N–H and O–H groups in total. The molecule has 5 rings (SSSR count). The molecule has 3 aromatic carbocycles. The summed E-state index contributed by atoms with van der Waals surface area (Å²) in [6.45, 7) is -0.133. The number of nitrogens with one attached hydrogen (secondary N) is 1. The van der Waals surface area contributed by atoms with Gasteiger partial charge in [-0.05, 0) is 77.0 Å². The summed E-state index contributed by atoms with van der Waals surface area (Å²) in [5, 5.41) is 24.7. The number of rotatable bonds is 14. The lowest BCUT2D eigenvalue weighted by Crippen LogP contribution is -2.55. The quantitative estimate of drug-likeness (QED) is 0.125. The first-order valence-corrected chi connectivity index (χ1v) is 16.6. The highest BCUT2D eigenvalue weighted by molar-refractivity contribution is 14.1. The van der Waals surface area contributed by atoms with E-state index in [1.807, 2.05) is 46.9 Å². The monoisotopic (exact) mass is 784 g/mol. The Kier molecular flexibility index (Phi) is 11.8. The SMILES string of the molecule is COc1cccc(CCN(C(=O)c2cc3cccc(OC)c3o2)[C@@H]2CC(C(=O)NCCO)=C[C@H](Oc3c(I)cc(C=O)cc3OC)[C@H]2O)c1. The highest BCUT2D eigenvalue weighted by Crippen LogP contribution is 2.37. The largest absolute Gasteiger partial charge is 0.497 e. The summed E-state index contributed by atoms with van der Waals surface area (Å²) in [5.74, 6) is 0.654. The maximum atomic E-state index is 14.4. The van der Waals surface area contributed by atoms with Gasteiger partial charge < -0.3 is 43.8 Å². The van der Waals surface area contributed by atoms with Gasteiger partial charge in [0.15, 0.2) is 28.6 Å². The molecule has 0 fully saturated rings. The van der Waals surface area contributed by atoms with Gasteiger partial charge in [0.2, 0.25) is 5.91 Å². The van der Waals surface area contributed by atoms with Crippen LogP contribution in [0.3, 0.4) is 0 Å². The Labute approximate surface area is 296 Å². The van der Waals surface area contributed by atoms with E-state index in [1.165, 1.54) is 31.3 Å². The Balaban J connectivity index is 1.57. The average molecular weight is 785 g/mol. The van der Waals surface area contributed by atoms with Gasteiger partial charge in [0, 0.05) is 36.0 Å². The number of aliphatic hydroxyl groups excluding tert-OH is 2. The van der Waals surface area contributed by atoms with Crippen LogP contribution in [0.4, 0.5) is 0 Å². The van der Waals surface area contributed by atoms with Crippen molar-refractivity contribution in [2.75, 3.05) is 41.0 Å². The van der Waals surface area contributed by atoms with Crippen molar-refractivity contribution in [1.82, 2.24) is 10.2 Å². The molecule has 3 atom stereocenters. The third-order valence-corrected chi connectivity index (χ3v) is 9.03. The van der Waals surface area contributed by atoms with E-state index < -0.39 is 30.1 Å². The molecule has 258 valence electrons. The third-order valence-electron chi connectivity index (χ3n) is 8.23. The molecule has 1 aliphatic carbocycles. The second kappa shape index (κ2) is 16.2. The summed E-state index contributed by atoms with van der Waals surface area (Å²) >= 11 is 2.00. The van der Waals surface area contributed by atoms with Crippen LogP contribution in [-0.2, 0) is 11.2 Å². The Morgan fingerprint density at radius 2 is 1.82 bits per heavy atom. The molecule has 0 aliphatic heterocycles. The molecule has 0 saturated heterocycles. The lowest BCUT2D eigenvalue weighted by atomic mass is 9.87. The first kappa shape index (κ1) is 35.7. The molecule has 49 heavy (non-hydrogen) atoms. The van der Waals surface area contributed by atoms with E-state index in [-0.39, 0.29) is 48.9 Å². The average Bonchev–Trinajstić information content (AvgIpc) is 3.57. The number of ether oxygens (including phenoxy) is 4. The van der Waals surface area contributed by atoms with E-state index in [9.17, 15) is 24.6 Å². The van der Waals surface area contributed by atoms with Crippen molar-refractivity contribution in [2.24, 2.45) is 0 Å². The fourth-order valence-corrected chi connectivity index (χ4v) is 6.53. The number of hydrogen-bond donors (Lipinski definition) is 3. The second-order valence-corrected chi connectivity index (χ2v) is 12.4. The van der Waals surface area contributed by atoms with Crippen LogP contribution in [0.1, 0.15) is 32.9 Å². The summed E-state index contributed by atoms with van der Waals surface area (Å²) in [6.07, 6.45) is 0.103. The Morgan fingerprint density at radius 1 is 1.04 bits per heavy atom. The van der Waals surface area contributed by atoms with Crippen molar-refractivity contribution in [3.8, 4) is 23.0 Å². The predicted molar refractivity (Wildman–Crippen MR) is 189 cm³/mol. The lowest BCUT2D eigenvalue weighted by Gasteiger charge is -2.40. The maximum absolute atomic E-state index is 14.4. The maximum Gasteiger partial charge on any atom is 0.289 e. The number of aldehydes is 1. The van der Waals surface area contributed by atoms with Gasteiger partial charge in [0.25, 0.3) is 5.91 Å². The molecular formula is C36H37IN2O10. The van der Waals surface area contributed by atoms with E-state index >= 15 is 0 Å². The molecule has 0 saturated carbocycles. The lowest BCUT2D eigenvalue weighted by molar-refractivity contribution is -0.118. The van der Waals surface area contributed by atoms with E-state index in [0.29, 0.717) is 44.3 Å². The molecule has 12 nitrogen and oxygen atoms in total. The number of nitrogens with zero attached hydrogens (tertiary/aromatic N) is 1. The van der Waals surface area contributed by atoms with Gasteiger partial charge >= 0.3 is 0 Å². The van der Waals surface area contributed by atoms with Gasteiger partial charge in [-0.25, -0.2) is 0 Å².